The number of alkyl halides is 3. The third-order valence-electron chi connectivity index (χ3n) is 4.41. The number of carbonyl (C=O) groups excluding carboxylic acids is 2. The highest BCUT2D eigenvalue weighted by Gasteiger charge is 2.48. The van der Waals surface area contributed by atoms with Crippen molar-refractivity contribution in [1.82, 2.24) is 0 Å². The zero-order valence-electron chi connectivity index (χ0n) is 14.2. The van der Waals surface area contributed by atoms with Crippen LogP contribution in [-0.2, 0) is 15.8 Å². The smallest absolute Gasteiger partial charge is 0.326 e. The Balaban J connectivity index is 1.66. The van der Waals surface area contributed by atoms with Gasteiger partial charge in [0.05, 0.1) is 23.1 Å². The van der Waals surface area contributed by atoms with E-state index in [2.05, 4.69) is 10.6 Å². The van der Waals surface area contributed by atoms with Gasteiger partial charge in [-0.05, 0) is 43.2 Å². The summed E-state index contributed by atoms with van der Waals surface area (Å²) in [4.78, 5) is 24.6. The molecule has 1 fully saturated rings. The third-order valence-corrected chi connectivity index (χ3v) is 4.65. The van der Waals surface area contributed by atoms with Gasteiger partial charge in [-0.2, -0.15) is 13.2 Å². The molecule has 2 amide bonds. The maximum atomic E-state index is 13.1. The molecule has 2 atom stereocenters. The van der Waals surface area contributed by atoms with E-state index in [0.717, 1.165) is 17.7 Å². The third kappa shape index (κ3) is 4.42. The standard InChI is InChI=1S/C19H16ClF3N2O2/c1-10-4-2-3-5-15(10)24-17(26)12-9-13(12)18(27)25-16-7-6-11(20)8-14(16)19(21,22)23/h2-8,12-13H,9H2,1H3,(H,24,26)(H,25,27). The molecule has 0 saturated heterocycles. The van der Waals surface area contributed by atoms with Crippen LogP contribution in [0.1, 0.15) is 17.5 Å². The Morgan fingerprint density at radius 3 is 2.19 bits per heavy atom. The molecule has 8 heteroatoms. The highest BCUT2D eigenvalue weighted by molar-refractivity contribution is 6.30. The maximum Gasteiger partial charge on any atom is 0.418 e. The lowest BCUT2D eigenvalue weighted by atomic mass is 10.1. The van der Waals surface area contributed by atoms with Crippen molar-refractivity contribution in [1.29, 1.82) is 0 Å². The van der Waals surface area contributed by atoms with Crippen LogP contribution in [0.25, 0.3) is 0 Å². The summed E-state index contributed by atoms with van der Waals surface area (Å²) in [7, 11) is 0. The van der Waals surface area contributed by atoms with Gasteiger partial charge in [0.1, 0.15) is 0 Å². The minimum atomic E-state index is -4.65. The molecule has 0 heterocycles. The van der Waals surface area contributed by atoms with E-state index < -0.39 is 29.5 Å². The summed E-state index contributed by atoms with van der Waals surface area (Å²) < 4.78 is 39.3. The second kappa shape index (κ2) is 7.23. The van der Waals surface area contributed by atoms with Crippen molar-refractivity contribution in [3.05, 3.63) is 58.6 Å². The number of amides is 2. The van der Waals surface area contributed by atoms with Crippen LogP contribution in [0.5, 0.6) is 0 Å². The largest absolute Gasteiger partial charge is 0.418 e. The molecule has 1 aliphatic rings. The van der Waals surface area contributed by atoms with Gasteiger partial charge >= 0.3 is 6.18 Å². The van der Waals surface area contributed by atoms with E-state index in [9.17, 15) is 22.8 Å². The first-order valence-electron chi connectivity index (χ1n) is 8.21. The van der Waals surface area contributed by atoms with Gasteiger partial charge in [-0.3, -0.25) is 9.59 Å². The van der Waals surface area contributed by atoms with Crippen LogP contribution in [0, 0.1) is 18.8 Å². The summed E-state index contributed by atoms with van der Waals surface area (Å²) in [6.45, 7) is 1.84. The number of hydrogen-bond acceptors (Lipinski definition) is 2. The van der Waals surface area contributed by atoms with Gasteiger partial charge in [0, 0.05) is 10.7 Å². The molecular formula is C19H16ClF3N2O2. The fourth-order valence-corrected chi connectivity index (χ4v) is 2.97. The van der Waals surface area contributed by atoms with Crippen LogP contribution in [0.3, 0.4) is 0 Å². The van der Waals surface area contributed by atoms with E-state index in [-0.39, 0.29) is 16.6 Å². The first kappa shape index (κ1) is 19.2. The topological polar surface area (TPSA) is 58.2 Å². The zero-order valence-corrected chi connectivity index (χ0v) is 15.0. The SMILES string of the molecule is Cc1ccccc1NC(=O)C1CC1C(=O)Nc1ccc(Cl)cc1C(F)(F)F. The quantitative estimate of drug-likeness (QED) is 0.773. The second-order valence-electron chi connectivity index (χ2n) is 6.43. The van der Waals surface area contributed by atoms with Gasteiger partial charge in [0.15, 0.2) is 0 Å². The van der Waals surface area contributed by atoms with Crippen LogP contribution in [0.2, 0.25) is 5.02 Å². The Morgan fingerprint density at radius 1 is 1.00 bits per heavy atom. The van der Waals surface area contributed by atoms with Crippen LogP contribution < -0.4 is 10.6 Å². The molecule has 2 N–H and O–H groups in total. The lowest BCUT2D eigenvalue weighted by Crippen LogP contribution is -2.22. The van der Waals surface area contributed by atoms with E-state index in [1.54, 1.807) is 12.1 Å². The number of anilines is 2. The molecule has 3 rings (SSSR count). The molecule has 1 aliphatic carbocycles. The van der Waals surface area contributed by atoms with Crippen LogP contribution in [-0.4, -0.2) is 11.8 Å². The highest BCUT2D eigenvalue weighted by atomic mass is 35.5. The molecule has 2 unspecified atom stereocenters. The molecule has 1 saturated carbocycles. The lowest BCUT2D eigenvalue weighted by Gasteiger charge is -2.14. The summed E-state index contributed by atoms with van der Waals surface area (Å²) in [5.74, 6) is -2.17. The Bertz CT molecular complexity index is 899. The molecule has 142 valence electrons. The van der Waals surface area contributed by atoms with E-state index >= 15 is 0 Å². The average molecular weight is 397 g/mol. The molecule has 27 heavy (non-hydrogen) atoms. The summed E-state index contributed by atoms with van der Waals surface area (Å²) in [6.07, 6.45) is -4.36. The highest BCUT2D eigenvalue weighted by Crippen LogP contribution is 2.42. The van der Waals surface area contributed by atoms with Crippen molar-refractivity contribution in [2.24, 2.45) is 11.8 Å². The zero-order chi connectivity index (χ0) is 19.8. The number of carbonyl (C=O) groups is 2. The molecule has 0 aromatic heterocycles. The minimum absolute atomic E-state index is 0.0813. The normalized spacial score (nSPS) is 18.7. The number of para-hydroxylation sites is 1. The van der Waals surface area contributed by atoms with E-state index in [1.807, 2.05) is 19.1 Å². The molecule has 4 nitrogen and oxygen atoms in total. The predicted octanol–water partition coefficient (Wildman–Crippen LogP) is 4.88. The summed E-state index contributed by atoms with van der Waals surface area (Å²) in [5, 5.41) is 4.94. The van der Waals surface area contributed by atoms with Crippen molar-refractivity contribution in [3.8, 4) is 0 Å². The summed E-state index contributed by atoms with van der Waals surface area (Å²) in [6, 6.07) is 10.3. The molecule has 2 aromatic rings. The fraction of sp³-hybridized carbons (Fsp3) is 0.263. The number of hydrogen-bond donors (Lipinski definition) is 2. The number of aryl methyl sites for hydroxylation is 1. The second-order valence-corrected chi connectivity index (χ2v) is 6.87. The van der Waals surface area contributed by atoms with Gasteiger partial charge in [-0.1, -0.05) is 29.8 Å². The number of benzene rings is 2. The van der Waals surface area contributed by atoms with Gasteiger partial charge in [0.2, 0.25) is 11.8 Å². The Labute approximate surface area is 158 Å². The van der Waals surface area contributed by atoms with E-state index in [0.29, 0.717) is 12.1 Å². The molecule has 0 radical (unpaired) electrons. The molecule has 0 aliphatic heterocycles. The maximum absolute atomic E-state index is 13.1. The average Bonchev–Trinajstić information content (AvgIpc) is 3.38. The van der Waals surface area contributed by atoms with Crippen molar-refractivity contribution in [2.75, 3.05) is 10.6 Å². The minimum Gasteiger partial charge on any atom is -0.326 e. The van der Waals surface area contributed by atoms with Crippen molar-refractivity contribution in [3.63, 3.8) is 0 Å². The van der Waals surface area contributed by atoms with Crippen LogP contribution >= 0.6 is 11.6 Å². The molecule has 2 aromatic carbocycles. The number of halogens is 4. The number of rotatable bonds is 4. The van der Waals surface area contributed by atoms with Crippen molar-refractivity contribution >= 4 is 34.8 Å². The Kier molecular flexibility index (Phi) is 5.15. The van der Waals surface area contributed by atoms with Crippen molar-refractivity contribution in [2.45, 2.75) is 19.5 Å². The van der Waals surface area contributed by atoms with E-state index in [4.69, 9.17) is 11.6 Å². The summed E-state index contributed by atoms with van der Waals surface area (Å²) in [5.41, 5.74) is 0.126. The first-order chi connectivity index (χ1) is 12.7. The van der Waals surface area contributed by atoms with Gasteiger partial charge in [-0.25, -0.2) is 0 Å². The molecular weight excluding hydrogens is 381 g/mol. The van der Waals surface area contributed by atoms with Crippen LogP contribution in [0.15, 0.2) is 42.5 Å². The van der Waals surface area contributed by atoms with Gasteiger partial charge in [0.25, 0.3) is 0 Å². The number of nitrogens with one attached hydrogen (secondary N) is 2. The fourth-order valence-electron chi connectivity index (χ4n) is 2.80. The molecule has 0 spiro atoms. The van der Waals surface area contributed by atoms with Crippen LogP contribution in [0.4, 0.5) is 24.5 Å². The van der Waals surface area contributed by atoms with Gasteiger partial charge in [-0.15, -0.1) is 0 Å². The Morgan fingerprint density at radius 2 is 1.59 bits per heavy atom. The predicted molar refractivity (Wildman–Crippen MR) is 96.5 cm³/mol. The first-order valence-corrected chi connectivity index (χ1v) is 8.58. The monoisotopic (exact) mass is 396 g/mol. The lowest BCUT2D eigenvalue weighted by molar-refractivity contribution is -0.137. The van der Waals surface area contributed by atoms with E-state index in [1.165, 1.54) is 6.07 Å². The Hall–Kier alpha value is -2.54. The summed E-state index contributed by atoms with van der Waals surface area (Å²) >= 11 is 5.62. The molecule has 0 bridgehead atoms. The van der Waals surface area contributed by atoms with Gasteiger partial charge < -0.3 is 10.6 Å². The van der Waals surface area contributed by atoms with Crippen molar-refractivity contribution < 1.29 is 22.8 Å².